The normalized spacial score (nSPS) is 21.2. The first-order valence-corrected chi connectivity index (χ1v) is 9.16. The number of hydrogen-bond acceptors (Lipinski definition) is 5. The van der Waals surface area contributed by atoms with Gasteiger partial charge in [-0.15, -0.1) is 0 Å². The van der Waals surface area contributed by atoms with Gasteiger partial charge in [-0.2, -0.15) is 5.26 Å². The van der Waals surface area contributed by atoms with Crippen LogP contribution in [0.2, 0.25) is 0 Å². The van der Waals surface area contributed by atoms with Gasteiger partial charge < -0.3 is 14.5 Å². The molecule has 0 amide bonds. The zero-order valence-electron chi connectivity index (χ0n) is 14.8. The van der Waals surface area contributed by atoms with Gasteiger partial charge in [0, 0.05) is 38.4 Å². The summed E-state index contributed by atoms with van der Waals surface area (Å²) in [5.41, 5.74) is 0.615. The fourth-order valence-corrected chi connectivity index (χ4v) is 3.66. The largest absolute Gasteiger partial charge is 0.375 e. The second-order valence-electron chi connectivity index (χ2n) is 7.17. The van der Waals surface area contributed by atoms with Crippen molar-refractivity contribution >= 4 is 5.82 Å². The summed E-state index contributed by atoms with van der Waals surface area (Å²) >= 11 is 0. The van der Waals surface area contributed by atoms with Gasteiger partial charge in [-0.25, -0.2) is 4.98 Å². The molecule has 130 valence electrons. The molecule has 2 fully saturated rings. The Labute approximate surface area is 145 Å². The van der Waals surface area contributed by atoms with Crippen molar-refractivity contribution in [3.63, 3.8) is 0 Å². The van der Waals surface area contributed by atoms with Crippen LogP contribution in [0.1, 0.15) is 45.1 Å². The average Bonchev–Trinajstić information content (AvgIpc) is 2.63. The lowest BCUT2D eigenvalue weighted by Crippen LogP contribution is -2.44. The van der Waals surface area contributed by atoms with Gasteiger partial charge in [-0.05, 0) is 51.7 Å². The number of nitriles is 1. The van der Waals surface area contributed by atoms with E-state index in [0.717, 1.165) is 57.7 Å². The first kappa shape index (κ1) is 17.2. The molecule has 0 N–H and O–H groups in total. The van der Waals surface area contributed by atoms with E-state index < -0.39 is 0 Å². The summed E-state index contributed by atoms with van der Waals surface area (Å²) in [5, 5.41) is 8.85. The van der Waals surface area contributed by atoms with E-state index in [4.69, 9.17) is 10.00 Å². The molecule has 0 aliphatic carbocycles. The minimum absolute atomic E-state index is 0.384. The zero-order chi connectivity index (χ0) is 16.9. The molecule has 24 heavy (non-hydrogen) atoms. The molecule has 1 aromatic heterocycles. The molecule has 2 aliphatic heterocycles. The summed E-state index contributed by atoms with van der Waals surface area (Å²) in [6.07, 6.45) is 6.92. The van der Waals surface area contributed by atoms with Crippen LogP contribution in [0.25, 0.3) is 0 Å². The lowest BCUT2D eigenvalue weighted by atomic mass is 10.0. The maximum absolute atomic E-state index is 8.85. The number of rotatable bonds is 4. The predicted molar refractivity (Wildman–Crippen MR) is 95.0 cm³/mol. The first-order valence-electron chi connectivity index (χ1n) is 9.16. The fraction of sp³-hybridized carbons (Fsp3) is 0.684. The van der Waals surface area contributed by atoms with Crippen LogP contribution in [-0.2, 0) is 4.74 Å². The zero-order valence-corrected chi connectivity index (χ0v) is 14.8. The Morgan fingerprint density at radius 3 is 2.21 bits per heavy atom. The van der Waals surface area contributed by atoms with E-state index in [9.17, 15) is 0 Å². The molecule has 3 rings (SSSR count). The van der Waals surface area contributed by atoms with Crippen molar-refractivity contribution in [2.75, 3.05) is 31.1 Å². The molecule has 0 aromatic carbocycles. The monoisotopic (exact) mass is 328 g/mol. The molecule has 2 saturated heterocycles. The molecule has 5 heteroatoms. The number of nitrogens with zero attached hydrogens (tertiary/aromatic N) is 4. The maximum atomic E-state index is 8.85. The molecular formula is C19H28N4O. The van der Waals surface area contributed by atoms with Gasteiger partial charge in [0.05, 0.1) is 17.8 Å². The number of piperidine rings is 2. The molecule has 5 nitrogen and oxygen atoms in total. The topological polar surface area (TPSA) is 52.4 Å². The Bertz CT molecular complexity index is 550. The Morgan fingerprint density at radius 2 is 1.71 bits per heavy atom. The Balaban J connectivity index is 1.43. The molecular weight excluding hydrogens is 300 g/mol. The molecule has 0 atom stereocenters. The van der Waals surface area contributed by atoms with Gasteiger partial charge in [0.25, 0.3) is 0 Å². The van der Waals surface area contributed by atoms with E-state index in [2.05, 4.69) is 34.7 Å². The van der Waals surface area contributed by atoms with E-state index in [-0.39, 0.29) is 0 Å². The highest BCUT2D eigenvalue weighted by Crippen LogP contribution is 2.24. The maximum Gasteiger partial charge on any atom is 0.128 e. The number of aromatic nitrogens is 1. The molecule has 0 bridgehead atoms. The Morgan fingerprint density at radius 1 is 1.08 bits per heavy atom. The molecule has 1 aromatic rings. The number of ether oxygens (including phenoxy) is 1. The molecule has 0 radical (unpaired) electrons. The summed E-state index contributed by atoms with van der Waals surface area (Å²) in [4.78, 5) is 9.23. The van der Waals surface area contributed by atoms with Crippen molar-refractivity contribution in [2.24, 2.45) is 0 Å². The highest BCUT2D eigenvalue weighted by molar-refractivity contribution is 5.42. The van der Waals surface area contributed by atoms with Crippen molar-refractivity contribution in [2.45, 2.75) is 57.8 Å². The van der Waals surface area contributed by atoms with Crippen molar-refractivity contribution in [1.29, 1.82) is 5.26 Å². The summed E-state index contributed by atoms with van der Waals surface area (Å²) in [6.45, 7) is 8.83. The summed E-state index contributed by atoms with van der Waals surface area (Å²) in [7, 11) is 0. The van der Waals surface area contributed by atoms with Gasteiger partial charge in [0.1, 0.15) is 11.9 Å². The SMILES string of the molecule is CC(C)N1CCC(OC2CCN(c3ccc(C#N)cn3)CC2)CC1. The van der Waals surface area contributed by atoms with Crippen LogP contribution in [0.5, 0.6) is 0 Å². The second-order valence-corrected chi connectivity index (χ2v) is 7.17. The van der Waals surface area contributed by atoms with Crippen molar-refractivity contribution in [3.05, 3.63) is 23.9 Å². The number of hydrogen-bond donors (Lipinski definition) is 0. The van der Waals surface area contributed by atoms with Crippen LogP contribution in [0, 0.1) is 11.3 Å². The first-order chi connectivity index (χ1) is 11.7. The standard InChI is InChI=1S/C19H28N4O/c1-15(2)22-9-5-17(6-10-22)24-18-7-11-23(12-8-18)19-4-3-16(13-20)14-21-19/h3-4,14-15,17-18H,5-12H2,1-2H3. The highest BCUT2D eigenvalue weighted by atomic mass is 16.5. The number of pyridine rings is 1. The third-order valence-electron chi connectivity index (χ3n) is 5.23. The molecule has 0 spiro atoms. The summed E-state index contributed by atoms with van der Waals surface area (Å²) < 4.78 is 6.36. The fourth-order valence-electron chi connectivity index (χ4n) is 3.66. The van der Waals surface area contributed by atoms with Gasteiger partial charge >= 0.3 is 0 Å². The molecule has 0 unspecified atom stereocenters. The second kappa shape index (κ2) is 7.96. The van der Waals surface area contributed by atoms with Gasteiger partial charge in [-0.1, -0.05) is 0 Å². The summed E-state index contributed by atoms with van der Waals surface area (Å²) in [5.74, 6) is 0.970. The highest BCUT2D eigenvalue weighted by Gasteiger charge is 2.26. The van der Waals surface area contributed by atoms with E-state index in [1.807, 2.05) is 12.1 Å². The quantitative estimate of drug-likeness (QED) is 0.851. The van der Waals surface area contributed by atoms with Crippen LogP contribution < -0.4 is 4.90 Å². The van der Waals surface area contributed by atoms with Crippen molar-refractivity contribution in [1.82, 2.24) is 9.88 Å². The predicted octanol–water partition coefficient (Wildman–Crippen LogP) is 2.81. The van der Waals surface area contributed by atoms with Crippen LogP contribution in [0.4, 0.5) is 5.82 Å². The number of likely N-dealkylation sites (tertiary alicyclic amines) is 1. The molecule has 3 heterocycles. The van der Waals surface area contributed by atoms with Crippen LogP contribution in [0.15, 0.2) is 18.3 Å². The third-order valence-corrected chi connectivity index (χ3v) is 5.23. The summed E-state index contributed by atoms with van der Waals surface area (Å²) in [6, 6.07) is 6.55. The Hall–Kier alpha value is -1.64. The van der Waals surface area contributed by atoms with Crippen LogP contribution in [0.3, 0.4) is 0 Å². The lowest BCUT2D eigenvalue weighted by Gasteiger charge is -2.38. The lowest BCUT2D eigenvalue weighted by molar-refractivity contribution is -0.0540. The Kier molecular flexibility index (Phi) is 5.70. The van der Waals surface area contributed by atoms with E-state index in [1.54, 1.807) is 6.20 Å². The minimum Gasteiger partial charge on any atom is -0.375 e. The van der Waals surface area contributed by atoms with Gasteiger partial charge in [0.2, 0.25) is 0 Å². The van der Waals surface area contributed by atoms with Crippen LogP contribution in [-0.4, -0.2) is 54.3 Å². The van der Waals surface area contributed by atoms with E-state index in [0.29, 0.717) is 23.8 Å². The minimum atomic E-state index is 0.384. The molecule has 2 aliphatic rings. The van der Waals surface area contributed by atoms with Crippen LogP contribution >= 0.6 is 0 Å². The number of anilines is 1. The third kappa shape index (κ3) is 4.25. The van der Waals surface area contributed by atoms with Gasteiger partial charge in [-0.3, -0.25) is 0 Å². The average molecular weight is 328 g/mol. The van der Waals surface area contributed by atoms with E-state index in [1.165, 1.54) is 0 Å². The molecule has 0 saturated carbocycles. The van der Waals surface area contributed by atoms with Crippen molar-refractivity contribution in [3.8, 4) is 6.07 Å². The van der Waals surface area contributed by atoms with Gasteiger partial charge in [0.15, 0.2) is 0 Å². The van der Waals surface area contributed by atoms with E-state index >= 15 is 0 Å². The smallest absolute Gasteiger partial charge is 0.128 e. The van der Waals surface area contributed by atoms with Crippen molar-refractivity contribution < 1.29 is 4.74 Å².